The number of carbonyl (C=O) groups excluding carboxylic acids is 2. The van der Waals surface area contributed by atoms with Gasteiger partial charge in [-0.2, -0.15) is 0 Å². The highest BCUT2D eigenvalue weighted by atomic mass is 16.5. The van der Waals surface area contributed by atoms with Crippen LogP contribution in [0.5, 0.6) is 5.75 Å². The lowest BCUT2D eigenvalue weighted by Crippen LogP contribution is -2.53. The summed E-state index contributed by atoms with van der Waals surface area (Å²) in [5.41, 5.74) is 4.04. The number of carbonyl (C=O) groups is 2. The van der Waals surface area contributed by atoms with E-state index >= 15 is 0 Å². The number of nitrogens with zero attached hydrogens (tertiary/aromatic N) is 1. The van der Waals surface area contributed by atoms with Gasteiger partial charge < -0.3 is 15.0 Å². The summed E-state index contributed by atoms with van der Waals surface area (Å²) in [5.74, 6) is 0.290. The lowest BCUT2D eigenvalue weighted by Gasteiger charge is -2.32. The quantitative estimate of drug-likeness (QED) is 0.415. The Balaban J connectivity index is 1.93. The van der Waals surface area contributed by atoms with Crippen LogP contribution in [-0.2, 0) is 22.6 Å². The molecular weight excluding hydrogens is 436 g/mol. The van der Waals surface area contributed by atoms with Crippen LogP contribution in [0.3, 0.4) is 0 Å². The van der Waals surface area contributed by atoms with Crippen molar-refractivity contribution >= 4 is 11.8 Å². The number of para-hydroxylation sites is 1. The van der Waals surface area contributed by atoms with Gasteiger partial charge in [0, 0.05) is 19.0 Å². The first-order valence-corrected chi connectivity index (χ1v) is 12.3. The van der Waals surface area contributed by atoms with Crippen molar-refractivity contribution in [2.24, 2.45) is 0 Å². The zero-order valence-corrected chi connectivity index (χ0v) is 21.2. The smallest absolute Gasteiger partial charge is 0.261 e. The maximum Gasteiger partial charge on any atom is 0.261 e. The molecule has 0 aromatic heterocycles. The van der Waals surface area contributed by atoms with Crippen molar-refractivity contribution in [3.8, 4) is 5.75 Å². The second kappa shape index (κ2) is 12.7. The van der Waals surface area contributed by atoms with E-state index in [0.717, 1.165) is 28.7 Å². The lowest BCUT2D eigenvalue weighted by molar-refractivity contribution is -0.143. The SMILES string of the molecule is CC[C@H](C)NC(=O)[C@@H](Cc1ccccc1)N(Cc1ccccc1C)C(=O)COc1ccccc1C. The zero-order chi connectivity index (χ0) is 25.2. The van der Waals surface area contributed by atoms with Gasteiger partial charge in [-0.3, -0.25) is 9.59 Å². The minimum atomic E-state index is -0.668. The summed E-state index contributed by atoms with van der Waals surface area (Å²) in [4.78, 5) is 28.8. The summed E-state index contributed by atoms with van der Waals surface area (Å²) in [5, 5.41) is 3.09. The molecule has 184 valence electrons. The van der Waals surface area contributed by atoms with Crippen LogP contribution in [-0.4, -0.2) is 35.4 Å². The highest BCUT2D eigenvalue weighted by Gasteiger charge is 2.31. The van der Waals surface area contributed by atoms with Crippen LogP contribution in [0.4, 0.5) is 0 Å². The third-order valence-electron chi connectivity index (χ3n) is 6.32. The molecule has 35 heavy (non-hydrogen) atoms. The average Bonchev–Trinajstić information content (AvgIpc) is 2.87. The summed E-state index contributed by atoms with van der Waals surface area (Å²) in [7, 11) is 0. The Morgan fingerprint density at radius 2 is 1.51 bits per heavy atom. The Labute approximate surface area is 209 Å². The second-order valence-corrected chi connectivity index (χ2v) is 9.03. The predicted octanol–water partition coefficient (Wildman–Crippen LogP) is 5.24. The number of hydrogen-bond acceptors (Lipinski definition) is 3. The van der Waals surface area contributed by atoms with Crippen LogP contribution in [0, 0.1) is 13.8 Å². The fourth-order valence-electron chi connectivity index (χ4n) is 3.91. The van der Waals surface area contributed by atoms with Crippen LogP contribution in [0.25, 0.3) is 0 Å². The summed E-state index contributed by atoms with van der Waals surface area (Å²) in [6.07, 6.45) is 1.23. The summed E-state index contributed by atoms with van der Waals surface area (Å²) in [6, 6.07) is 24.8. The Bertz CT molecular complexity index is 1110. The topological polar surface area (TPSA) is 58.6 Å². The van der Waals surface area contributed by atoms with Crippen molar-refractivity contribution in [2.75, 3.05) is 6.61 Å². The number of hydrogen-bond donors (Lipinski definition) is 1. The largest absolute Gasteiger partial charge is 0.484 e. The van der Waals surface area contributed by atoms with Crippen molar-refractivity contribution in [3.63, 3.8) is 0 Å². The maximum absolute atomic E-state index is 13.7. The Morgan fingerprint density at radius 3 is 2.17 bits per heavy atom. The van der Waals surface area contributed by atoms with Crippen LogP contribution in [0.1, 0.15) is 42.5 Å². The highest BCUT2D eigenvalue weighted by molar-refractivity contribution is 5.88. The minimum Gasteiger partial charge on any atom is -0.484 e. The molecule has 3 rings (SSSR count). The fourth-order valence-corrected chi connectivity index (χ4v) is 3.91. The minimum absolute atomic E-state index is 0.0133. The summed E-state index contributed by atoms with van der Waals surface area (Å²) in [6.45, 7) is 8.17. The van der Waals surface area contributed by atoms with E-state index in [2.05, 4.69) is 5.32 Å². The van der Waals surface area contributed by atoms with E-state index in [1.807, 2.05) is 107 Å². The third-order valence-corrected chi connectivity index (χ3v) is 6.32. The average molecular weight is 473 g/mol. The molecule has 0 aliphatic carbocycles. The lowest BCUT2D eigenvalue weighted by atomic mass is 10.0. The van der Waals surface area contributed by atoms with E-state index in [-0.39, 0.29) is 24.5 Å². The molecule has 2 atom stereocenters. The Morgan fingerprint density at radius 1 is 0.886 bits per heavy atom. The standard InChI is InChI=1S/C30H36N2O3/c1-5-24(4)31-30(34)27(19-25-15-7-6-8-16-25)32(20-26-17-11-9-13-22(26)2)29(33)21-35-28-18-12-10-14-23(28)3/h6-18,24,27H,5,19-21H2,1-4H3,(H,31,34)/t24-,27+/m0/s1. The summed E-state index contributed by atoms with van der Waals surface area (Å²) >= 11 is 0. The second-order valence-electron chi connectivity index (χ2n) is 9.03. The van der Waals surface area contributed by atoms with E-state index < -0.39 is 6.04 Å². The fraction of sp³-hybridized carbons (Fsp3) is 0.333. The molecular formula is C30H36N2O3. The molecule has 5 nitrogen and oxygen atoms in total. The van der Waals surface area contributed by atoms with Gasteiger partial charge in [-0.25, -0.2) is 0 Å². The van der Waals surface area contributed by atoms with Crippen LogP contribution in [0.15, 0.2) is 78.9 Å². The number of amides is 2. The Hall–Kier alpha value is -3.60. The molecule has 3 aromatic rings. The molecule has 0 radical (unpaired) electrons. The van der Waals surface area contributed by atoms with Gasteiger partial charge in [0.1, 0.15) is 11.8 Å². The van der Waals surface area contributed by atoms with Crippen molar-refractivity contribution in [1.82, 2.24) is 10.2 Å². The van der Waals surface area contributed by atoms with E-state index in [0.29, 0.717) is 18.7 Å². The highest BCUT2D eigenvalue weighted by Crippen LogP contribution is 2.19. The zero-order valence-electron chi connectivity index (χ0n) is 21.2. The first kappa shape index (κ1) is 26.0. The predicted molar refractivity (Wildman–Crippen MR) is 140 cm³/mol. The Kier molecular flexibility index (Phi) is 9.47. The van der Waals surface area contributed by atoms with Gasteiger partial charge in [-0.15, -0.1) is 0 Å². The van der Waals surface area contributed by atoms with Crippen molar-refractivity contribution in [3.05, 3.63) is 101 Å². The first-order valence-electron chi connectivity index (χ1n) is 12.3. The molecule has 1 N–H and O–H groups in total. The van der Waals surface area contributed by atoms with Gasteiger partial charge in [-0.1, -0.05) is 79.7 Å². The summed E-state index contributed by atoms with van der Waals surface area (Å²) < 4.78 is 5.91. The molecule has 0 aliphatic heterocycles. The number of benzene rings is 3. The maximum atomic E-state index is 13.7. The van der Waals surface area contributed by atoms with Crippen molar-refractivity contribution in [2.45, 2.75) is 59.2 Å². The van der Waals surface area contributed by atoms with Crippen molar-refractivity contribution in [1.29, 1.82) is 0 Å². The molecule has 5 heteroatoms. The number of rotatable bonds is 11. The number of aryl methyl sites for hydroxylation is 2. The number of nitrogens with one attached hydrogen (secondary N) is 1. The van der Waals surface area contributed by atoms with E-state index in [1.165, 1.54) is 0 Å². The molecule has 0 aliphatic rings. The van der Waals surface area contributed by atoms with Gasteiger partial charge >= 0.3 is 0 Å². The van der Waals surface area contributed by atoms with Crippen LogP contribution < -0.4 is 10.1 Å². The molecule has 0 bridgehead atoms. The molecule has 3 aromatic carbocycles. The van der Waals surface area contributed by atoms with E-state index in [9.17, 15) is 9.59 Å². The molecule has 2 amide bonds. The number of ether oxygens (including phenoxy) is 1. The van der Waals surface area contributed by atoms with Gasteiger partial charge in [0.25, 0.3) is 5.91 Å². The van der Waals surface area contributed by atoms with Gasteiger partial charge in [-0.05, 0) is 55.5 Å². The van der Waals surface area contributed by atoms with Crippen LogP contribution in [0.2, 0.25) is 0 Å². The third kappa shape index (κ3) is 7.44. The molecule has 0 fully saturated rings. The van der Waals surface area contributed by atoms with Crippen LogP contribution >= 0.6 is 0 Å². The van der Waals surface area contributed by atoms with Crippen molar-refractivity contribution < 1.29 is 14.3 Å². The normalized spacial score (nSPS) is 12.5. The van der Waals surface area contributed by atoms with Gasteiger partial charge in [0.15, 0.2) is 6.61 Å². The molecule has 0 spiro atoms. The van der Waals surface area contributed by atoms with Gasteiger partial charge in [0.05, 0.1) is 0 Å². The molecule has 0 saturated carbocycles. The van der Waals surface area contributed by atoms with E-state index in [1.54, 1.807) is 4.90 Å². The molecule has 0 unspecified atom stereocenters. The van der Waals surface area contributed by atoms with E-state index in [4.69, 9.17) is 4.74 Å². The molecule has 0 saturated heterocycles. The first-order chi connectivity index (χ1) is 16.9. The van der Waals surface area contributed by atoms with Gasteiger partial charge in [0.2, 0.25) is 5.91 Å². The molecule has 0 heterocycles. The monoisotopic (exact) mass is 472 g/mol.